The quantitative estimate of drug-likeness (QED) is 0.709. The highest BCUT2D eigenvalue weighted by molar-refractivity contribution is 5.74. The molecular weight excluding hydrogens is 398 g/mol. The maximum Gasteiger partial charge on any atom is 0.317 e. The van der Waals surface area contributed by atoms with Crippen LogP contribution in [0, 0.1) is 20.8 Å². The number of hydrogen-bond donors (Lipinski definition) is 1. The van der Waals surface area contributed by atoms with Crippen molar-refractivity contribution >= 4 is 11.8 Å². The Labute approximate surface area is 193 Å². The van der Waals surface area contributed by atoms with Crippen LogP contribution in [0.1, 0.15) is 73.8 Å². The van der Waals surface area contributed by atoms with Crippen LogP contribution in [0.15, 0.2) is 18.2 Å². The van der Waals surface area contributed by atoms with Gasteiger partial charge < -0.3 is 15.1 Å². The molecule has 1 aromatic carbocycles. The van der Waals surface area contributed by atoms with E-state index in [1.807, 2.05) is 18.7 Å². The van der Waals surface area contributed by atoms with E-state index in [4.69, 9.17) is 9.97 Å². The average molecular weight is 438 g/mol. The standard InChI is InChI=1S/C26H39N5O/c1-8-19(5)24-28-21(7)23(16-22-15-18(4)9-10-20(22)6)25(29-24)30-11-13-31(14-12-30)26(32)27-17(2)3/h9-10,15,17,19H,8,11-14,16H2,1-7H3,(H,27,32)/t19-/m1/s1. The number of hydrogen-bond acceptors (Lipinski definition) is 4. The molecular formula is C26H39N5O. The summed E-state index contributed by atoms with van der Waals surface area (Å²) in [6.45, 7) is 17.7. The first-order chi connectivity index (χ1) is 15.2. The number of aromatic nitrogens is 2. The van der Waals surface area contributed by atoms with Crippen LogP contribution >= 0.6 is 0 Å². The van der Waals surface area contributed by atoms with Gasteiger partial charge in [0.1, 0.15) is 11.6 Å². The van der Waals surface area contributed by atoms with E-state index in [0.29, 0.717) is 19.0 Å². The molecule has 0 radical (unpaired) electrons. The third-order valence-electron chi connectivity index (χ3n) is 6.41. The zero-order valence-corrected chi connectivity index (χ0v) is 20.8. The first kappa shape index (κ1) is 24.0. The van der Waals surface area contributed by atoms with Crippen molar-refractivity contribution in [1.82, 2.24) is 20.2 Å². The van der Waals surface area contributed by atoms with Crippen LogP contribution in [0.4, 0.5) is 10.6 Å². The molecule has 1 saturated heterocycles. The van der Waals surface area contributed by atoms with Crippen LogP contribution in [-0.4, -0.2) is 53.1 Å². The number of carbonyl (C=O) groups excluding carboxylic acids is 1. The summed E-state index contributed by atoms with van der Waals surface area (Å²) in [4.78, 5) is 26.7. The molecule has 1 aliphatic rings. The maximum absolute atomic E-state index is 12.4. The van der Waals surface area contributed by atoms with Gasteiger partial charge in [-0.25, -0.2) is 14.8 Å². The fourth-order valence-corrected chi connectivity index (χ4v) is 4.11. The Morgan fingerprint density at radius 1 is 1.06 bits per heavy atom. The molecule has 1 N–H and O–H groups in total. The van der Waals surface area contributed by atoms with Crippen LogP contribution in [0.25, 0.3) is 0 Å². The number of nitrogens with zero attached hydrogens (tertiary/aromatic N) is 4. The Morgan fingerprint density at radius 3 is 2.38 bits per heavy atom. The molecule has 0 bridgehead atoms. The second-order valence-corrected chi connectivity index (χ2v) is 9.46. The van der Waals surface area contributed by atoms with Gasteiger partial charge >= 0.3 is 6.03 Å². The minimum absolute atomic E-state index is 0.0226. The van der Waals surface area contributed by atoms with Crippen molar-refractivity contribution in [2.75, 3.05) is 31.1 Å². The van der Waals surface area contributed by atoms with E-state index in [1.165, 1.54) is 22.3 Å². The van der Waals surface area contributed by atoms with E-state index >= 15 is 0 Å². The Bertz CT molecular complexity index is 947. The summed E-state index contributed by atoms with van der Waals surface area (Å²) >= 11 is 0. The van der Waals surface area contributed by atoms with Crippen LogP contribution in [0.5, 0.6) is 0 Å². The Morgan fingerprint density at radius 2 is 1.75 bits per heavy atom. The second kappa shape index (κ2) is 10.3. The van der Waals surface area contributed by atoms with E-state index in [9.17, 15) is 4.79 Å². The number of carbonyl (C=O) groups is 1. The normalized spacial score (nSPS) is 15.2. The van der Waals surface area contributed by atoms with E-state index in [-0.39, 0.29) is 12.1 Å². The largest absolute Gasteiger partial charge is 0.353 e. The van der Waals surface area contributed by atoms with Gasteiger partial charge in [-0.1, -0.05) is 37.6 Å². The lowest BCUT2D eigenvalue weighted by atomic mass is 9.97. The molecule has 3 rings (SSSR count). The summed E-state index contributed by atoms with van der Waals surface area (Å²) < 4.78 is 0. The molecule has 174 valence electrons. The molecule has 1 atom stereocenters. The molecule has 2 amide bonds. The summed E-state index contributed by atoms with van der Waals surface area (Å²) in [6, 6.07) is 6.80. The lowest BCUT2D eigenvalue weighted by molar-refractivity contribution is 0.191. The monoisotopic (exact) mass is 437 g/mol. The molecule has 0 saturated carbocycles. The summed E-state index contributed by atoms with van der Waals surface area (Å²) in [5.41, 5.74) is 6.15. The minimum Gasteiger partial charge on any atom is -0.353 e. The number of benzene rings is 1. The van der Waals surface area contributed by atoms with Crippen molar-refractivity contribution in [3.05, 3.63) is 52.0 Å². The molecule has 2 heterocycles. The van der Waals surface area contributed by atoms with Crippen molar-refractivity contribution in [3.63, 3.8) is 0 Å². The van der Waals surface area contributed by atoms with Crippen molar-refractivity contribution in [2.45, 2.75) is 73.3 Å². The number of amides is 2. The number of rotatable bonds is 6. The Kier molecular flexibility index (Phi) is 7.75. The summed E-state index contributed by atoms with van der Waals surface area (Å²) in [5, 5.41) is 3.01. The highest BCUT2D eigenvalue weighted by Crippen LogP contribution is 2.29. The van der Waals surface area contributed by atoms with Gasteiger partial charge in [-0.15, -0.1) is 0 Å². The van der Waals surface area contributed by atoms with E-state index in [2.05, 4.69) is 63.0 Å². The van der Waals surface area contributed by atoms with Crippen LogP contribution in [0.3, 0.4) is 0 Å². The number of piperazine rings is 1. The van der Waals surface area contributed by atoms with Crippen molar-refractivity contribution < 1.29 is 4.79 Å². The van der Waals surface area contributed by atoms with Gasteiger partial charge in [0.2, 0.25) is 0 Å². The Balaban J connectivity index is 1.91. The third-order valence-corrected chi connectivity index (χ3v) is 6.41. The molecule has 0 spiro atoms. The molecule has 2 aromatic rings. The van der Waals surface area contributed by atoms with Gasteiger partial charge in [0.25, 0.3) is 0 Å². The van der Waals surface area contributed by atoms with Gasteiger partial charge in [0, 0.05) is 55.8 Å². The van der Waals surface area contributed by atoms with Crippen LogP contribution < -0.4 is 10.2 Å². The minimum atomic E-state index is 0.0226. The van der Waals surface area contributed by atoms with Crippen molar-refractivity contribution in [1.29, 1.82) is 0 Å². The lowest BCUT2D eigenvalue weighted by Crippen LogP contribution is -2.53. The molecule has 6 nitrogen and oxygen atoms in total. The highest BCUT2D eigenvalue weighted by atomic mass is 16.2. The highest BCUT2D eigenvalue weighted by Gasteiger charge is 2.26. The second-order valence-electron chi connectivity index (χ2n) is 9.46. The van der Waals surface area contributed by atoms with Gasteiger partial charge in [-0.05, 0) is 52.2 Å². The van der Waals surface area contributed by atoms with Gasteiger partial charge in [-0.2, -0.15) is 0 Å². The van der Waals surface area contributed by atoms with Crippen molar-refractivity contribution in [3.8, 4) is 0 Å². The van der Waals surface area contributed by atoms with E-state index < -0.39 is 0 Å². The molecule has 0 unspecified atom stereocenters. The van der Waals surface area contributed by atoms with Gasteiger partial charge in [0.15, 0.2) is 0 Å². The zero-order valence-electron chi connectivity index (χ0n) is 20.8. The number of aryl methyl sites for hydroxylation is 3. The molecule has 6 heteroatoms. The molecule has 1 aromatic heterocycles. The predicted molar refractivity (Wildman–Crippen MR) is 132 cm³/mol. The van der Waals surface area contributed by atoms with E-state index in [1.54, 1.807) is 0 Å². The predicted octanol–water partition coefficient (Wildman–Crippen LogP) is 4.75. The lowest BCUT2D eigenvalue weighted by Gasteiger charge is -2.37. The summed E-state index contributed by atoms with van der Waals surface area (Å²) in [7, 11) is 0. The van der Waals surface area contributed by atoms with Crippen LogP contribution in [-0.2, 0) is 6.42 Å². The first-order valence-corrected chi connectivity index (χ1v) is 11.9. The maximum atomic E-state index is 12.4. The van der Waals surface area contributed by atoms with E-state index in [0.717, 1.165) is 43.3 Å². The fraction of sp³-hybridized carbons (Fsp3) is 0.577. The third kappa shape index (κ3) is 5.59. The molecule has 1 fully saturated rings. The average Bonchev–Trinajstić information content (AvgIpc) is 2.76. The van der Waals surface area contributed by atoms with Gasteiger partial charge in [-0.3, -0.25) is 0 Å². The zero-order chi connectivity index (χ0) is 23.4. The summed E-state index contributed by atoms with van der Waals surface area (Å²) in [5.74, 6) is 2.28. The molecule has 32 heavy (non-hydrogen) atoms. The first-order valence-electron chi connectivity index (χ1n) is 11.9. The number of anilines is 1. The van der Waals surface area contributed by atoms with Crippen LogP contribution in [0.2, 0.25) is 0 Å². The summed E-state index contributed by atoms with van der Waals surface area (Å²) in [6.07, 6.45) is 1.84. The van der Waals surface area contributed by atoms with Gasteiger partial charge in [0.05, 0.1) is 0 Å². The number of nitrogens with one attached hydrogen (secondary N) is 1. The van der Waals surface area contributed by atoms with Crippen molar-refractivity contribution in [2.24, 2.45) is 0 Å². The topological polar surface area (TPSA) is 61.4 Å². The molecule has 0 aliphatic carbocycles. The SMILES string of the molecule is CC[C@@H](C)c1nc(C)c(Cc2cc(C)ccc2C)c(N2CCN(C(=O)NC(C)C)CC2)n1. The fourth-order valence-electron chi connectivity index (χ4n) is 4.11. The Hall–Kier alpha value is -2.63. The number of urea groups is 1. The molecule has 1 aliphatic heterocycles. The smallest absolute Gasteiger partial charge is 0.317 e.